The summed E-state index contributed by atoms with van der Waals surface area (Å²) in [5.74, 6) is 0. The van der Waals surface area contributed by atoms with Crippen molar-refractivity contribution >= 4 is 10.0 Å². The Bertz CT molecular complexity index is 547. The third-order valence-corrected chi connectivity index (χ3v) is 6.30. The third kappa shape index (κ3) is 3.64. The van der Waals surface area contributed by atoms with Gasteiger partial charge in [0, 0.05) is 26.2 Å². The van der Waals surface area contributed by atoms with Crippen molar-refractivity contribution in [3.8, 4) is 0 Å². The van der Waals surface area contributed by atoms with Gasteiger partial charge in [-0.15, -0.1) is 0 Å². The van der Waals surface area contributed by atoms with Gasteiger partial charge in [-0.25, -0.2) is 8.42 Å². The Hall–Kier alpha value is -0.920. The third-order valence-electron chi connectivity index (χ3n) is 4.31. The molecule has 0 saturated heterocycles. The number of aromatic nitrogens is 2. The predicted molar refractivity (Wildman–Crippen MR) is 82.5 cm³/mol. The molecule has 1 heterocycles. The van der Waals surface area contributed by atoms with Crippen molar-refractivity contribution in [3.05, 3.63) is 12.3 Å². The number of sulfonamides is 1. The molecule has 0 bridgehead atoms. The summed E-state index contributed by atoms with van der Waals surface area (Å²) in [6.07, 6.45) is 6.55. The highest BCUT2D eigenvalue weighted by Gasteiger charge is 2.32. The van der Waals surface area contributed by atoms with Crippen LogP contribution < -0.4 is 5.32 Å². The van der Waals surface area contributed by atoms with Gasteiger partial charge in [-0.05, 0) is 44.7 Å². The van der Waals surface area contributed by atoms with Crippen LogP contribution in [-0.4, -0.2) is 48.2 Å². The highest BCUT2D eigenvalue weighted by molar-refractivity contribution is 7.89. The maximum Gasteiger partial charge on any atom is 0.260 e. The van der Waals surface area contributed by atoms with E-state index in [0.29, 0.717) is 6.04 Å². The largest absolute Gasteiger partial charge is 0.314 e. The molecule has 0 unspecified atom stereocenters. The zero-order valence-electron chi connectivity index (χ0n) is 13.1. The molecule has 2 rings (SSSR count). The molecule has 6 nitrogen and oxygen atoms in total. The molecule has 0 aliphatic heterocycles. The molecule has 1 aliphatic rings. The van der Waals surface area contributed by atoms with Gasteiger partial charge in [0.1, 0.15) is 0 Å². The predicted octanol–water partition coefficient (Wildman–Crippen LogP) is 1.35. The van der Waals surface area contributed by atoms with E-state index in [-0.39, 0.29) is 11.1 Å². The highest BCUT2D eigenvalue weighted by Crippen LogP contribution is 2.26. The van der Waals surface area contributed by atoms with E-state index in [1.807, 2.05) is 0 Å². The first-order valence-electron chi connectivity index (χ1n) is 7.66. The van der Waals surface area contributed by atoms with Crippen LogP contribution in [0.4, 0.5) is 0 Å². The SMILES string of the molecule is CCCNC1CCC(N(C)S(=O)(=O)c2ccnn2C)CC1. The molecular formula is C14H26N4O2S. The van der Waals surface area contributed by atoms with Crippen LogP contribution >= 0.6 is 0 Å². The number of hydrogen-bond acceptors (Lipinski definition) is 4. The summed E-state index contributed by atoms with van der Waals surface area (Å²) < 4.78 is 28.2. The first-order chi connectivity index (χ1) is 9.96. The minimum absolute atomic E-state index is 0.0876. The Morgan fingerprint density at radius 2 is 2.05 bits per heavy atom. The van der Waals surface area contributed by atoms with Crippen molar-refractivity contribution in [2.24, 2.45) is 7.05 Å². The van der Waals surface area contributed by atoms with Gasteiger partial charge in [-0.1, -0.05) is 6.92 Å². The second-order valence-electron chi connectivity index (χ2n) is 5.77. The number of hydrogen-bond donors (Lipinski definition) is 1. The maximum absolute atomic E-state index is 12.6. The van der Waals surface area contributed by atoms with Gasteiger partial charge < -0.3 is 5.32 Å². The van der Waals surface area contributed by atoms with Gasteiger partial charge in [0.2, 0.25) is 0 Å². The molecule has 120 valence electrons. The molecule has 1 saturated carbocycles. The number of rotatable bonds is 6. The lowest BCUT2D eigenvalue weighted by Crippen LogP contribution is -2.43. The van der Waals surface area contributed by atoms with Gasteiger partial charge in [0.25, 0.3) is 10.0 Å². The van der Waals surface area contributed by atoms with Crippen molar-refractivity contribution in [3.63, 3.8) is 0 Å². The van der Waals surface area contributed by atoms with Gasteiger partial charge in [0.05, 0.1) is 6.20 Å². The van der Waals surface area contributed by atoms with Crippen LogP contribution in [0.5, 0.6) is 0 Å². The summed E-state index contributed by atoms with van der Waals surface area (Å²) >= 11 is 0. The summed E-state index contributed by atoms with van der Waals surface area (Å²) in [5, 5.41) is 7.74. The van der Waals surface area contributed by atoms with E-state index in [2.05, 4.69) is 17.3 Å². The Labute approximate surface area is 127 Å². The zero-order valence-corrected chi connectivity index (χ0v) is 13.9. The topological polar surface area (TPSA) is 67.2 Å². The number of aryl methyl sites for hydroxylation is 1. The van der Waals surface area contributed by atoms with Gasteiger partial charge >= 0.3 is 0 Å². The highest BCUT2D eigenvalue weighted by atomic mass is 32.2. The van der Waals surface area contributed by atoms with Crippen LogP contribution in [0.1, 0.15) is 39.0 Å². The Balaban J connectivity index is 1.99. The van der Waals surface area contributed by atoms with E-state index in [9.17, 15) is 8.42 Å². The second-order valence-corrected chi connectivity index (χ2v) is 7.72. The summed E-state index contributed by atoms with van der Waals surface area (Å²) in [4.78, 5) is 0. The van der Waals surface area contributed by atoms with E-state index in [4.69, 9.17) is 0 Å². The first-order valence-corrected chi connectivity index (χ1v) is 9.10. The average molecular weight is 314 g/mol. The van der Waals surface area contributed by atoms with Crippen molar-refractivity contribution in [2.45, 2.75) is 56.1 Å². The van der Waals surface area contributed by atoms with Crippen molar-refractivity contribution in [2.75, 3.05) is 13.6 Å². The van der Waals surface area contributed by atoms with E-state index in [1.165, 1.54) is 15.2 Å². The monoisotopic (exact) mass is 314 g/mol. The van der Waals surface area contributed by atoms with Gasteiger partial charge in [0.15, 0.2) is 5.03 Å². The molecule has 1 aromatic heterocycles. The fourth-order valence-electron chi connectivity index (χ4n) is 2.95. The van der Waals surface area contributed by atoms with Crippen LogP contribution in [0, 0.1) is 0 Å². The lowest BCUT2D eigenvalue weighted by atomic mass is 9.91. The maximum atomic E-state index is 12.6. The Morgan fingerprint density at radius 1 is 1.38 bits per heavy atom. The average Bonchev–Trinajstić information content (AvgIpc) is 2.92. The van der Waals surface area contributed by atoms with E-state index >= 15 is 0 Å². The molecule has 7 heteroatoms. The lowest BCUT2D eigenvalue weighted by molar-refractivity contribution is 0.249. The summed E-state index contributed by atoms with van der Waals surface area (Å²) in [5.41, 5.74) is 0. The summed E-state index contributed by atoms with van der Waals surface area (Å²) in [7, 11) is -0.101. The molecule has 0 atom stereocenters. The molecule has 0 radical (unpaired) electrons. The minimum atomic E-state index is -3.45. The van der Waals surface area contributed by atoms with Gasteiger partial charge in [-0.2, -0.15) is 9.40 Å². The van der Waals surface area contributed by atoms with Crippen LogP contribution in [0.15, 0.2) is 17.3 Å². The number of nitrogens with zero attached hydrogens (tertiary/aromatic N) is 3. The summed E-state index contributed by atoms with van der Waals surface area (Å²) in [6.45, 7) is 3.20. The van der Waals surface area contributed by atoms with Crippen molar-refractivity contribution < 1.29 is 8.42 Å². The minimum Gasteiger partial charge on any atom is -0.314 e. The molecule has 0 spiro atoms. The van der Waals surface area contributed by atoms with E-state index < -0.39 is 10.0 Å². The molecule has 1 aromatic rings. The first kappa shape index (κ1) is 16.5. The molecule has 0 amide bonds. The lowest BCUT2D eigenvalue weighted by Gasteiger charge is -2.34. The number of nitrogens with one attached hydrogen (secondary N) is 1. The van der Waals surface area contributed by atoms with Crippen LogP contribution in [0.25, 0.3) is 0 Å². The molecule has 1 fully saturated rings. The zero-order chi connectivity index (χ0) is 15.5. The molecule has 1 aliphatic carbocycles. The van der Waals surface area contributed by atoms with E-state index in [0.717, 1.165) is 38.6 Å². The van der Waals surface area contributed by atoms with Crippen molar-refractivity contribution in [1.29, 1.82) is 0 Å². The van der Waals surface area contributed by atoms with Gasteiger partial charge in [-0.3, -0.25) is 4.68 Å². The summed E-state index contributed by atoms with van der Waals surface area (Å²) in [6, 6.07) is 2.18. The molecular weight excluding hydrogens is 288 g/mol. The molecule has 1 N–H and O–H groups in total. The van der Waals surface area contributed by atoms with Crippen molar-refractivity contribution in [1.82, 2.24) is 19.4 Å². The Morgan fingerprint density at radius 3 is 2.57 bits per heavy atom. The quantitative estimate of drug-likeness (QED) is 0.861. The molecule has 0 aromatic carbocycles. The second kappa shape index (κ2) is 6.89. The fourth-order valence-corrected chi connectivity index (χ4v) is 4.46. The fraction of sp³-hybridized carbons (Fsp3) is 0.786. The Kier molecular flexibility index (Phi) is 5.40. The van der Waals surface area contributed by atoms with Crippen LogP contribution in [0.2, 0.25) is 0 Å². The van der Waals surface area contributed by atoms with Crippen LogP contribution in [-0.2, 0) is 17.1 Å². The smallest absolute Gasteiger partial charge is 0.260 e. The van der Waals surface area contributed by atoms with Crippen LogP contribution in [0.3, 0.4) is 0 Å². The van der Waals surface area contributed by atoms with E-state index in [1.54, 1.807) is 20.2 Å². The normalized spacial score (nSPS) is 23.6. The standard InChI is InChI=1S/C14H26N4O2S/c1-4-10-15-12-5-7-13(8-6-12)18(3)21(19,20)14-9-11-16-17(14)2/h9,11-13,15H,4-8,10H2,1-3H3. The molecule has 21 heavy (non-hydrogen) atoms.